The first kappa shape index (κ1) is 9.48. The monoisotopic (exact) mass is 231 g/mol. The van der Waals surface area contributed by atoms with Crippen LogP contribution in [0.3, 0.4) is 0 Å². The molecule has 0 spiro atoms. The lowest BCUT2D eigenvalue weighted by atomic mass is 10.4. The van der Waals surface area contributed by atoms with E-state index in [4.69, 9.17) is 9.84 Å². The first-order chi connectivity index (χ1) is 5.68. The van der Waals surface area contributed by atoms with Gasteiger partial charge in [-0.15, -0.1) is 0 Å². The molecule has 1 heterocycles. The molecule has 1 rings (SSSR count). The Morgan fingerprint density at radius 2 is 2.50 bits per heavy atom. The third-order valence-electron chi connectivity index (χ3n) is 1.17. The topological polar surface area (TPSA) is 42.4 Å². The van der Waals surface area contributed by atoms with Crippen molar-refractivity contribution in [3.63, 3.8) is 0 Å². The zero-order valence-corrected chi connectivity index (χ0v) is 8.28. The number of ether oxygens (including phenoxy) is 1. The highest BCUT2D eigenvalue weighted by Gasteiger charge is 1.98. The first-order valence-electron chi connectivity index (χ1n) is 3.61. The molecule has 1 aromatic rings. The summed E-state index contributed by atoms with van der Waals surface area (Å²) in [6.07, 6.45) is 1.17. The van der Waals surface area contributed by atoms with Crippen LogP contribution in [0.5, 0.6) is 5.88 Å². The number of rotatable bonds is 3. The van der Waals surface area contributed by atoms with Crippen molar-refractivity contribution < 1.29 is 9.84 Å². The Labute approximate surface area is 79.5 Å². The van der Waals surface area contributed by atoms with Crippen LogP contribution in [-0.2, 0) is 0 Å². The minimum absolute atomic E-state index is 0.267. The zero-order valence-electron chi connectivity index (χ0n) is 6.70. The van der Waals surface area contributed by atoms with Crippen molar-refractivity contribution in [2.24, 2.45) is 0 Å². The van der Waals surface area contributed by atoms with Gasteiger partial charge < -0.3 is 9.84 Å². The smallest absolute Gasteiger partial charge is 0.214 e. The molecule has 0 bridgehead atoms. The highest BCUT2D eigenvalue weighted by Crippen LogP contribution is 2.14. The maximum Gasteiger partial charge on any atom is 0.214 e. The molecule has 0 radical (unpaired) electrons. The average molecular weight is 232 g/mol. The summed E-state index contributed by atoms with van der Waals surface area (Å²) in [7, 11) is 0. The van der Waals surface area contributed by atoms with Crippen molar-refractivity contribution in [1.29, 1.82) is 0 Å². The SMILES string of the molecule is C[C@@H](O)COc1cc(Br)ccn1. The van der Waals surface area contributed by atoms with E-state index < -0.39 is 6.10 Å². The summed E-state index contributed by atoms with van der Waals surface area (Å²) in [5, 5.41) is 8.92. The van der Waals surface area contributed by atoms with Crippen molar-refractivity contribution in [1.82, 2.24) is 4.98 Å². The predicted octanol–water partition coefficient (Wildman–Crippen LogP) is 1.60. The molecule has 12 heavy (non-hydrogen) atoms. The number of aliphatic hydroxyl groups excluding tert-OH is 1. The lowest BCUT2D eigenvalue weighted by molar-refractivity contribution is 0.120. The molecule has 3 nitrogen and oxygen atoms in total. The van der Waals surface area contributed by atoms with Crippen molar-refractivity contribution in [2.45, 2.75) is 13.0 Å². The van der Waals surface area contributed by atoms with E-state index in [9.17, 15) is 0 Å². The van der Waals surface area contributed by atoms with E-state index in [1.165, 1.54) is 0 Å². The largest absolute Gasteiger partial charge is 0.475 e. The van der Waals surface area contributed by atoms with Gasteiger partial charge >= 0.3 is 0 Å². The molecule has 0 saturated heterocycles. The minimum atomic E-state index is -0.467. The second-order valence-electron chi connectivity index (χ2n) is 2.47. The fourth-order valence-electron chi connectivity index (χ4n) is 0.670. The van der Waals surface area contributed by atoms with E-state index in [0.29, 0.717) is 5.88 Å². The number of hydrogen-bond donors (Lipinski definition) is 1. The van der Waals surface area contributed by atoms with Crippen LogP contribution in [0, 0.1) is 0 Å². The van der Waals surface area contributed by atoms with Gasteiger partial charge in [-0.2, -0.15) is 0 Å². The van der Waals surface area contributed by atoms with Crippen LogP contribution in [0.25, 0.3) is 0 Å². The standard InChI is InChI=1S/C8H10BrNO2/c1-6(11)5-12-8-4-7(9)2-3-10-8/h2-4,6,11H,5H2,1H3/t6-/m1/s1. The zero-order chi connectivity index (χ0) is 8.97. The Morgan fingerprint density at radius 3 is 3.08 bits per heavy atom. The number of hydrogen-bond acceptors (Lipinski definition) is 3. The summed E-state index contributed by atoms with van der Waals surface area (Å²) in [4.78, 5) is 3.95. The van der Waals surface area contributed by atoms with Gasteiger partial charge in [0.05, 0.1) is 6.10 Å². The van der Waals surface area contributed by atoms with Gasteiger partial charge in [-0.25, -0.2) is 4.98 Å². The van der Waals surface area contributed by atoms with Gasteiger partial charge in [0, 0.05) is 16.7 Å². The Morgan fingerprint density at radius 1 is 1.75 bits per heavy atom. The van der Waals surface area contributed by atoms with Crippen LogP contribution in [-0.4, -0.2) is 22.8 Å². The molecule has 0 aliphatic carbocycles. The van der Waals surface area contributed by atoms with E-state index in [1.54, 1.807) is 19.2 Å². The maximum atomic E-state index is 8.92. The second kappa shape index (κ2) is 4.42. The number of aromatic nitrogens is 1. The molecule has 0 fully saturated rings. The molecule has 0 unspecified atom stereocenters. The molecule has 0 amide bonds. The molecule has 0 aromatic carbocycles. The van der Waals surface area contributed by atoms with E-state index in [-0.39, 0.29) is 6.61 Å². The van der Waals surface area contributed by atoms with Crippen LogP contribution >= 0.6 is 15.9 Å². The lowest BCUT2D eigenvalue weighted by Crippen LogP contribution is -2.13. The third kappa shape index (κ3) is 3.19. The molecule has 4 heteroatoms. The van der Waals surface area contributed by atoms with E-state index in [2.05, 4.69) is 20.9 Å². The van der Waals surface area contributed by atoms with Crippen LogP contribution in [0.1, 0.15) is 6.92 Å². The number of nitrogens with zero attached hydrogens (tertiary/aromatic N) is 1. The molecule has 1 aromatic heterocycles. The molecule has 0 saturated carbocycles. The van der Waals surface area contributed by atoms with Gasteiger partial charge in [0.2, 0.25) is 5.88 Å². The first-order valence-corrected chi connectivity index (χ1v) is 4.40. The molecule has 0 aliphatic rings. The Bertz CT molecular complexity index is 253. The van der Waals surface area contributed by atoms with E-state index >= 15 is 0 Å². The molecule has 1 atom stereocenters. The predicted molar refractivity (Wildman–Crippen MR) is 49.1 cm³/mol. The summed E-state index contributed by atoms with van der Waals surface area (Å²) >= 11 is 3.29. The third-order valence-corrected chi connectivity index (χ3v) is 1.66. The van der Waals surface area contributed by atoms with Crippen molar-refractivity contribution in [3.05, 3.63) is 22.8 Å². The molecule has 0 aliphatic heterocycles. The summed E-state index contributed by atoms with van der Waals surface area (Å²) in [6.45, 7) is 1.93. The lowest BCUT2D eigenvalue weighted by Gasteiger charge is -2.06. The number of aliphatic hydroxyl groups is 1. The summed E-state index contributed by atoms with van der Waals surface area (Å²) in [6, 6.07) is 3.57. The maximum absolute atomic E-state index is 8.92. The van der Waals surface area contributed by atoms with Crippen LogP contribution in [0.15, 0.2) is 22.8 Å². The van der Waals surface area contributed by atoms with Gasteiger partial charge in [-0.05, 0) is 13.0 Å². The summed E-state index contributed by atoms with van der Waals surface area (Å²) < 4.78 is 6.07. The Hall–Kier alpha value is -0.610. The van der Waals surface area contributed by atoms with Crippen molar-refractivity contribution in [2.75, 3.05) is 6.61 Å². The second-order valence-corrected chi connectivity index (χ2v) is 3.39. The van der Waals surface area contributed by atoms with Gasteiger partial charge in [0.15, 0.2) is 0 Å². The van der Waals surface area contributed by atoms with E-state index in [0.717, 1.165) is 4.47 Å². The fourth-order valence-corrected chi connectivity index (χ4v) is 0.984. The number of halogens is 1. The Kier molecular flexibility index (Phi) is 3.49. The minimum Gasteiger partial charge on any atom is -0.475 e. The highest BCUT2D eigenvalue weighted by molar-refractivity contribution is 9.10. The van der Waals surface area contributed by atoms with E-state index in [1.807, 2.05) is 6.07 Å². The van der Waals surface area contributed by atoms with Crippen molar-refractivity contribution >= 4 is 15.9 Å². The van der Waals surface area contributed by atoms with Crippen LogP contribution < -0.4 is 4.74 Å². The van der Waals surface area contributed by atoms with Crippen molar-refractivity contribution in [3.8, 4) is 5.88 Å². The quantitative estimate of drug-likeness (QED) is 0.860. The van der Waals surface area contributed by atoms with Crippen LogP contribution in [0.4, 0.5) is 0 Å². The van der Waals surface area contributed by atoms with Gasteiger partial charge in [-0.1, -0.05) is 15.9 Å². The fraction of sp³-hybridized carbons (Fsp3) is 0.375. The molecule has 1 N–H and O–H groups in total. The molecule has 66 valence electrons. The van der Waals surface area contributed by atoms with Gasteiger partial charge in [-0.3, -0.25) is 0 Å². The molecular weight excluding hydrogens is 222 g/mol. The highest BCUT2D eigenvalue weighted by atomic mass is 79.9. The average Bonchev–Trinajstić information content (AvgIpc) is 2.01. The summed E-state index contributed by atoms with van der Waals surface area (Å²) in [5.41, 5.74) is 0. The summed E-state index contributed by atoms with van der Waals surface area (Å²) in [5.74, 6) is 0.519. The van der Waals surface area contributed by atoms with Gasteiger partial charge in [0.1, 0.15) is 6.61 Å². The number of pyridine rings is 1. The normalized spacial score (nSPS) is 12.6. The molecular formula is C8H10BrNO2. The van der Waals surface area contributed by atoms with Gasteiger partial charge in [0.25, 0.3) is 0 Å². The Balaban J connectivity index is 2.52. The van der Waals surface area contributed by atoms with Crippen LogP contribution in [0.2, 0.25) is 0 Å².